The van der Waals surface area contributed by atoms with Crippen LogP contribution >= 0.6 is 7.82 Å². The number of esters is 2. The number of hydrogen-bond donors (Lipinski definition) is 3. The summed E-state index contributed by atoms with van der Waals surface area (Å²) in [5.41, 5.74) is 5.33. The second-order valence-corrected chi connectivity index (χ2v) is 14.4. The van der Waals surface area contributed by atoms with E-state index in [2.05, 4.69) is 92.8 Å². The van der Waals surface area contributed by atoms with Gasteiger partial charge in [0.05, 0.1) is 19.3 Å². The monoisotopic (exact) mass is 801 g/mol. The molecular weight excluding hydrogens is 729 g/mol. The van der Waals surface area contributed by atoms with Crippen LogP contribution in [0.3, 0.4) is 0 Å². The Bertz CT molecular complexity index is 1300. The average Bonchev–Trinajstić information content (AvgIpc) is 3.18. The van der Waals surface area contributed by atoms with Crippen molar-refractivity contribution in [3.63, 3.8) is 0 Å². The zero-order valence-corrected chi connectivity index (χ0v) is 35.1. The molecule has 1 unspecified atom stereocenters. The molecule has 0 aliphatic carbocycles. The Hall–Kier alpha value is -3.37. The van der Waals surface area contributed by atoms with E-state index in [1.807, 2.05) is 30.4 Å². The number of aliphatic hydroxyl groups excluding tert-OH is 1. The SMILES string of the molecule is CC/C=C\C/C=C\C/C=C\C/C=C\C/C=C\CCCC(=O)OC[C@H](COP(=O)(O)OCCN)OC(=O)CCC/C=C\C/C=C\C/C=C\C/C=C\[C@H](O)CCCC. The van der Waals surface area contributed by atoms with E-state index >= 15 is 0 Å². The van der Waals surface area contributed by atoms with Gasteiger partial charge in [-0.25, -0.2) is 4.57 Å². The van der Waals surface area contributed by atoms with Gasteiger partial charge in [0.25, 0.3) is 0 Å². The highest BCUT2D eigenvalue weighted by Crippen LogP contribution is 2.43. The fourth-order valence-electron chi connectivity index (χ4n) is 4.68. The summed E-state index contributed by atoms with van der Waals surface area (Å²) in [6, 6.07) is 0. The minimum atomic E-state index is -4.42. The highest BCUT2D eigenvalue weighted by atomic mass is 31.2. The van der Waals surface area contributed by atoms with Crippen molar-refractivity contribution in [2.24, 2.45) is 5.73 Å². The summed E-state index contributed by atoms with van der Waals surface area (Å²) in [5, 5.41) is 9.81. The molecule has 0 saturated heterocycles. The van der Waals surface area contributed by atoms with Crippen LogP contribution in [0.5, 0.6) is 0 Å². The van der Waals surface area contributed by atoms with Gasteiger partial charge in [0.2, 0.25) is 0 Å². The van der Waals surface area contributed by atoms with Crippen LogP contribution < -0.4 is 5.73 Å². The van der Waals surface area contributed by atoms with Crippen molar-refractivity contribution < 1.29 is 42.7 Å². The summed E-state index contributed by atoms with van der Waals surface area (Å²) < 4.78 is 32.6. The second kappa shape index (κ2) is 39.8. The molecule has 0 amide bonds. The number of aliphatic hydroxyl groups is 1. The second-order valence-electron chi connectivity index (χ2n) is 12.9. The van der Waals surface area contributed by atoms with Crippen LogP contribution in [0.1, 0.15) is 123 Å². The third kappa shape index (κ3) is 38.9. The van der Waals surface area contributed by atoms with E-state index in [-0.39, 0.29) is 38.7 Å². The lowest BCUT2D eigenvalue weighted by Gasteiger charge is -2.19. The smallest absolute Gasteiger partial charge is 0.462 e. The molecule has 0 fully saturated rings. The fourth-order valence-corrected chi connectivity index (χ4v) is 5.44. The standard InChI is InChI=1S/C45H72NO9P/c1-3-5-7-8-9-10-11-12-13-14-15-16-20-23-26-29-32-36-44(48)52-40-43(41-54-56(50,51)53-39-38-46)55-45(49)37-33-30-27-24-21-18-17-19-22-25-28-31-35-42(47)34-6-4-2/h5,7,9-10,12-13,15-18,22-27,31,35,42-43,47H,3-4,6,8,11,14,19-21,28-30,32-34,36-41,46H2,1-2H3,(H,50,51)/b7-5-,10-9-,13-12-,16-15-,18-17-,25-22-,26-23-,27-24-,35-31-/t42-,43-/m1/s1. The Balaban J connectivity index is 4.44. The van der Waals surface area contributed by atoms with Crippen molar-refractivity contribution in [1.29, 1.82) is 0 Å². The zero-order valence-electron chi connectivity index (χ0n) is 34.2. The number of carbonyl (C=O) groups is 2. The van der Waals surface area contributed by atoms with Crippen LogP contribution in [0, 0.1) is 0 Å². The van der Waals surface area contributed by atoms with Crippen molar-refractivity contribution in [2.45, 2.75) is 135 Å². The van der Waals surface area contributed by atoms with E-state index in [9.17, 15) is 24.2 Å². The summed E-state index contributed by atoms with van der Waals surface area (Å²) in [7, 11) is -4.42. The Morgan fingerprint density at radius 2 is 1.09 bits per heavy atom. The summed E-state index contributed by atoms with van der Waals surface area (Å²) in [6.45, 7) is 3.28. The summed E-state index contributed by atoms with van der Waals surface area (Å²) in [6.07, 6.45) is 49.0. The molecule has 10 nitrogen and oxygen atoms in total. The molecule has 3 atom stereocenters. The Morgan fingerprint density at radius 3 is 1.57 bits per heavy atom. The molecule has 0 rings (SSSR count). The lowest BCUT2D eigenvalue weighted by molar-refractivity contribution is -0.161. The number of allylic oxidation sites excluding steroid dienone is 17. The number of phosphoric acid groups is 1. The van der Waals surface area contributed by atoms with Gasteiger partial charge < -0.3 is 25.2 Å². The number of carbonyl (C=O) groups excluding carboxylic acids is 2. The van der Waals surface area contributed by atoms with E-state index in [4.69, 9.17) is 24.3 Å². The van der Waals surface area contributed by atoms with Crippen molar-refractivity contribution in [2.75, 3.05) is 26.4 Å². The molecular formula is C45H72NO9P. The van der Waals surface area contributed by atoms with Crippen LogP contribution in [0.25, 0.3) is 0 Å². The lowest BCUT2D eigenvalue weighted by atomic mass is 10.1. The van der Waals surface area contributed by atoms with Gasteiger partial charge in [0.15, 0.2) is 6.10 Å². The van der Waals surface area contributed by atoms with Crippen LogP contribution in [0.15, 0.2) is 109 Å². The molecule has 0 radical (unpaired) electrons. The van der Waals surface area contributed by atoms with Gasteiger partial charge in [-0.3, -0.25) is 18.6 Å². The first-order valence-corrected chi connectivity index (χ1v) is 21.9. The van der Waals surface area contributed by atoms with Crippen molar-refractivity contribution in [3.8, 4) is 0 Å². The minimum absolute atomic E-state index is 0.0238. The number of nitrogens with two attached hydrogens (primary N) is 1. The molecule has 11 heteroatoms. The molecule has 0 aromatic carbocycles. The van der Waals surface area contributed by atoms with E-state index in [0.717, 1.165) is 70.6 Å². The predicted molar refractivity (Wildman–Crippen MR) is 230 cm³/mol. The highest BCUT2D eigenvalue weighted by molar-refractivity contribution is 7.47. The van der Waals surface area contributed by atoms with Crippen LogP contribution in [-0.4, -0.2) is 60.5 Å². The molecule has 0 heterocycles. The van der Waals surface area contributed by atoms with Gasteiger partial charge in [-0.1, -0.05) is 136 Å². The maximum Gasteiger partial charge on any atom is 0.472 e. The molecule has 4 N–H and O–H groups in total. The van der Waals surface area contributed by atoms with E-state index in [0.29, 0.717) is 25.7 Å². The van der Waals surface area contributed by atoms with E-state index in [1.165, 1.54) is 0 Å². The number of phosphoric ester groups is 1. The fraction of sp³-hybridized carbons (Fsp3) is 0.556. The maximum atomic E-state index is 12.5. The van der Waals surface area contributed by atoms with Crippen molar-refractivity contribution in [3.05, 3.63) is 109 Å². The molecule has 56 heavy (non-hydrogen) atoms. The number of unbranched alkanes of at least 4 members (excludes halogenated alkanes) is 3. The predicted octanol–water partition coefficient (Wildman–Crippen LogP) is 10.6. The minimum Gasteiger partial charge on any atom is -0.462 e. The van der Waals surface area contributed by atoms with Gasteiger partial charge in [-0.2, -0.15) is 0 Å². The van der Waals surface area contributed by atoms with Gasteiger partial charge in [-0.15, -0.1) is 0 Å². The Kier molecular flexibility index (Phi) is 37.5. The van der Waals surface area contributed by atoms with Crippen LogP contribution in [0.2, 0.25) is 0 Å². The Morgan fingerprint density at radius 1 is 0.625 bits per heavy atom. The van der Waals surface area contributed by atoms with Crippen molar-refractivity contribution in [1.82, 2.24) is 0 Å². The lowest BCUT2D eigenvalue weighted by Crippen LogP contribution is -2.29. The molecule has 0 aromatic heterocycles. The summed E-state index contributed by atoms with van der Waals surface area (Å²) >= 11 is 0. The quantitative estimate of drug-likeness (QED) is 0.0241. The van der Waals surface area contributed by atoms with E-state index in [1.54, 1.807) is 0 Å². The molecule has 0 aliphatic heterocycles. The van der Waals surface area contributed by atoms with Crippen LogP contribution in [0.4, 0.5) is 0 Å². The van der Waals surface area contributed by atoms with Gasteiger partial charge >= 0.3 is 19.8 Å². The molecule has 0 spiro atoms. The van der Waals surface area contributed by atoms with Gasteiger partial charge in [0.1, 0.15) is 6.61 Å². The Labute approximate surface area is 338 Å². The van der Waals surface area contributed by atoms with Crippen LogP contribution in [-0.2, 0) is 32.7 Å². The highest BCUT2D eigenvalue weighted by Gasteiger charge is 2.25. The third-order valence-corrected chi connectivity index (χ3v) is 8.70. The first-order valence-electron chi connectivity index (χ1n) is 20.5. The summed E-state index contributed by atoms with van der Waals surface area (Å²) in [5.74, 6) is -1.000. The first kappa shape index (κ1) is 52.6. The number of hydrogen-bond acceptors (Lipinski definition) is 9. The average molecular weight is 802 g/mol. The maximum absolute atomic E-state index is 12.5. The largest absolute Gasteiger partial charge is 0.472 e. The molecule has 316 valence electrons. The molecule has 0 saturated carbocycles. The normalized spacial score (nSPS) is 15.0. The molecule has 0 aliphatic rings. The van der Waals surface area contributed by atoms with Crippen molar-refractivity contribution >= 4 is 19.8 Å². The molecule has 0 bridgehead atoms. The molecule has 0 aromatic rings. The number of ether oxygens (including phenoxy) is 2. The van der Waals surface area contributed by atoms with E-state index < -0.39 is 32.5 Å². The zero-order chi connectivity index (χ0) is 41.2. The van der Waals surface area contributed by atoms with Gasteiger partial charge in [-0.05, 0) is 83.5 Å². The first-order chi connectivity index (χ1) is 27.2. The topological polar surface area (TPSA) is 155 Å². The third-order valence-electron chi connectivity index (χ3n) is 7.71. The summed E-state index contributed by atoms with van der Waals surface area (Å²) in [4.78, 5) is 34.8. The van der Waals surface area contributed by atoms with Gasteiger partial charge in [0, 0.05) is 19.4 Å². The number of rotatable bonds is 36.